The number of carbonyl (C=O) groups excluding carboxylic acids is 1. The molecule has 0 spiro atoms. The Morgan fingerprint density at radius 3 is 2.04 bits per heavy atom. The Balaban J connectivity index is 1.77. The molecule has 1 aliphatic carbocycles. The third-order valence-corrected chi connectivity index (χ3v) is 4.69. The van der Waals surface area contributed by atoms with E-state index in [1.165, 1.54) is 0 Å². The summed E-state index contributed by atoms with van der Waals surface area (Å²) in [6.07, 6.45) is -0.829. The van der Waals surface area contributed by atoms with Gasteiger partial charge in [0, 0.05) is 5.56 Å². The van der Waals surface area contributed by atoms with Crippen molar-refractivity contribution in [1.82, 2.24) is 5.32 Å². The van der Waals surface area contributed by atoms with Gasteiger partial charge in [0.15, 0.2) is 6.23 Å². The molecule has 4 unspecified atom stereocenters. The van der Waals surface area contributed by atoms with Crippen LogP contribution in [-0.4, -0.2) is 28.1 Å². The maximum Gasteiger partial charge on any atom is 0.308 e. The SMILES string of the molecule is O=C(O)C1CC(C(=O)NC(Oc2ccccc2)c2ccccc2)C1C(=O)O. The van der Waals surface area contributed by atoms with Crippen LogP contribution in [0.3, 0.4) is 0 Å². The molecule has 0 radical (unpaired) electrons. The van der Waals surface area contributed by atoms with Crippen molar-refractivity contribution in [3.8, 4) is 5.75 Å². The van der Waals surface area contributed by atoms with Crippen LogP contribution in [0, 0.1) is 17.8 Å². The average molecular weight is 369 g/mol. The largest absolute Gasteiger partial charge is 0.481 e. The molecule has 0 heterocycles. The van der Waals surface area contributed by atoms with Gasteiger partial charge in [0.05, 0.1) is 17.8 Å². The maximum atomic E-state index is 12.6. The van der Waals surface area contributed by atoms with E-state index in [9.17, 15) is 19.5 Å². The van der Waals surface area contributed by atoms with Crippen molar-refractivity contribution in [3.63, 3.8) is 0 Å². The van der Waals surface area contributed by atoms with Gasteiger partial charge in [-0.3, -0.25) is 14.4 Å². The van der Waals surface area contributed by atoms with Crippen molar-refractivity contribution in [2.24, 2.45) is 17.8 Å². The first-order chi connectivity index (χ1) is 13.0. The number of benzene rings is 2. The summed E-state index contributed by atoms with van der Waals surface area (Å²) >= 11 is 0. The second-order valence-corrected chi connectivity index (χ2v) is 6.38. The van der Waals surface area contributed by atoms with Crippen molar-refractivity contribution in [2.75, 3.05) is 0 Å². The second-order valence-electron chi connectivity index (χ2n) is 6.38. The minimum atomic E-state index is -1.28. The molecule has 7 nitrogen and oxygen atoms in total. The summed E-state index contributed by atoms with van der Waals surface area (Å²) in [5.74, 6) is -5.68. The zero-order chi connectivity index (χ0) is 19.4. The van der Waals surface area contributed by atoms with Crippen LogP contribution in [0.25, 0.3) is 0 Å². The van der Waals surface area contributed by atoms with E-state index in [4.69, 9.17) is 9.84 Å². The van der Waals surface area contributed by atoms with Gasteiger partial charge in [0.2, 0.25) is 5.91 Å². The lowest BCUT2D eigenvalue weighted by Crippen LogP contribution is -2.53. The molecule has 0 aromatic heterocycles. The summed E-state index contributed by atoms with van der Waals surface area (Å²) in [5, 5.41) is 21.1. The number of carbonyl (C=O) groups is 3. The number of carboxylic acids is 2. The van der Waals surface area contributed by atoms with Gasteiger partial charge in [-0.1, -0.05) is 48.5 Å². The molecule has 2 aromatic carbocycles. The fraction of sp³-hybridized carbons (Fsp3) is 0.250. The van der Waals surface area contributed by atoms with Crippen LogP contribution in [0.5, 0.6) is 5.75 Å². The van der Waals surface area contributed by atoms with E-state index < -0.39 is 41.8 Å². The summed E-state index contributed by atoms with van der Waals surface area (Å²) in [4.78, 5) is 35.1. The van der Waals surface area contributed by atoms with Crippen LogP contribution >= 0.6 is 0 Å². The predicted octanol–water partition coefficient (Wildman–Crippen LogP) is 2.30. The highest BCUT2D eigenvalue weighted by Gasteiger charge is 2.53. The highest BCUT2D eigenvalue weighted by molar-refractivity contribution is 5.91. The summed E-state index contributed by atoms with van der Waals surface area (Å²) in [6, 6.07) is 17.9. The zero-order valence-corrected chi connectivity index (χ0v) is 14.3. The molecular weight excluding hydrogens is 350 g/mol. The fourth-order valence-electron chi connectivity index (χ4n) is 3.20. The normalized spacial score (nSPS) is 22.1. The van der Waals surface area contributed by atoms with Crippen molar-refractivity contribution in [3.05, 3.63) is 66.2 Å². The first-order valence-electron chi connectivity index (χ1n) is 8.50. The second kappa shape index (κ2) is 7.90. The number of para-hydroxylation sites is 1. The molecule has 0 aliphatic heterocycles. The van der Waals surface area contributed by atoms with Gasteiger partial charge < -0.3 is 20.3 Å². The first-order valence-corrected chi connectivity index (χ1v) is 8.50. The Morgan fingerprint density at radius 2 is 1.48 bits per heavy atom. The molecular formula is C20H19NO6. The minimum Gasteiger partial charge on any atom is -0.481 e. The predicted molar refractivity (Wildman–Crippen MR) is 94.8 cm³/mol. The third kappa shape index (κ3) is 4.08. The van der Waals surface area contributed by atoms with Crippen LogP contribution in [0.15, 0.2) is 60.7 Å². The van der Waals surface area contributed by atoms with Gasteiger partial charge in [0.1, 0.15) is 5.75 Å². The van der Waals surface area contributed by atoms with Crippen molar-refractivity contribution in [1.29, 1.82) is 0 Å². The quantitative estimate of drug-likeness (QED) is 0.646. The molecule has 7 heteroatoms. The number of aliphatic carboxylic acids is 2. The standard InChI is InChI=1S/C20H19NO6/c22-17(14-11-15(19(23)24)16(14)20(25)26)21-18(12-7-3-1-4-8-12)27-13-9-5-2-6-10-13/h1-10,14-16,18H,11H2,(H,21,22)(H,23,24)(H,25,26). The van der Waals surface area contributed by atoms with Gasteiger partial charge in [-0.25, -0.2) is 0 Å². The number of amides is 1. The van der Waals surface area contributed by atoms with Crippen LogP contribution in [-0.2, 0) is 14.4 Å². The molecule has 3 rings (SSSR count). The lowest BCUT2D eigenvalue weighted by Gasteiger charge is -2.38. The maximum absolute atomic E-state index is 12.6. The van der Waals surface area contributed by atoms with Crippen molar-refractivity contribution in [2.45, 2.75) is 12.6 Å². The van der Waals surface area contributed by atoms with Crippen LogP contribution < -0.4 is 10.1 Å². The Kier molecular flexibility index (Phi) is 5.40. The Labute approximate surface area is 155 Å². The van der Waals surface area contributed by atoms with Gasteiger partial charge >= 0.3 is 11.9 Å². The molecule has 3 N–H and O–H groups in total. The summed E-state index contributed by atoms with van der Waals surface area (Å²) in [6.45, 7) is 0. The summed E-state index contributed by atoms with van der Waals surface area (Å²) < 4.78 is 5.86. The molecule has 27 heavy (non-hydrogen) atoms. The van der Waals surface area contributed by atoms with E-state index in [2.05, 4.69) is 5.32 Å². The summed E-state index contributed by atoms with van der Waals surface area (Å²) in [5.41, 5.74) is 0.690. The lowest BCUT2D eigenvalue weighted by molar-refractivity contribution is -0.169. The topological polar surface area (TPSA) is 113 Å². The number of carboxylic acid groups (broad SMARTS) is 2. The van der Waals surface area contributed by atoms with E-state index in [-0.39, 0.29) is 6.42 Å². The minimum absolute atomic E-state index is 0.00895. The number of rotatable bonds is 7. The molecule has 4 atom stereocenters. The first kappa shape index (κ1) is 18.4. The van der Waals surface area contributed by atoms with E-state index in [0.717, 1.165) is 0 Å². The smallest absolute Gasteiger partial charge is 0.308 e. The number of ether oxygens (including phenoxy) is 1. The molecule has 1 amide bonds. The van der Waals surface area contributed by atoms with Gasteiger partial charge in [0.25, 0.3) is 0 Å². The molecule has 1 fully saturated rings. The molecule has 0 saturated heterocycles. The molecule has 0 bridgehead atoms. The van der Waals surface area contributed by atoms with Crippen molar-refractivity contribution >= 4 is 17.8 Å². The fourth-order valence-corrected chi connectivity index (χ4v) is 3.20. The Hall–Kier alpha value is -3.35. The zero-order valence-electron chi connectivity index (χ0n) is 14.3. The Morgan fingerprint density at radius 1 is 0.889 bits per heavy atom. The number of hydrogen-bond acceptors (Lipinski definition) is 4. The van der Waals surface area contributed by atoms with Crippen LogP contribution in [0.1, 0.15) is 18.2 Å². The third-order valence-electron chi connectivity index (χ3n) is 4.69. The van der Waals surface area contributed by atoms with Crippen LogP contribution in [0.2, 0.25) is 0 Å². The van der Waals surface area contributed by atoms with Crippen LogP contribution in [0.4, 0.5) is 0 Å². The van der Waals surface area contributed by atoms with E-state index in [1.807, 2.05) is 12.1 Å². The molecule has 2 aromatic rings. The highest BCUT2D eigenvalue weighted by Crippen LogP contribution is 2.41. The van der Waals surface area contributed by atoms with Crippen molar-refractivity contribution < 1.29 is 29.3 Å². The summed E-state index contributed by atoms with van der Waals surface area (Å²) in [7, 11) is 0. The Bertz CT molecular complexity index is 823. The van der Waals surface area contributed by atoms with E-state index >= 15 is 0 Å². The molecule has 1 aliphatic rings. The molecule has 1 saturated carbocycles. The van der Waals surface area contributed by atoms with Gasteiger partial charge in [-0.15, -0.1) is 0 Å². The number of hydrogen-bond donors (Lipinski definition) is 3. The van der Waals surface area contributed by atoms with Gasteiger partial charge in [-0.2, -0.15) is 0 Å². The lowest BCUT2D eigenvalue weighted by atomic mass is 9.64. The monoisotopic (exact) mass is 369 g/mol. The number of nitrogens with one attached hydrogen (secondary N) is 1. The highest BCUT2D eigenvalue weighted by atomic mass is 16.5. The molecule has 140 valence electrons. The van der Waals surface area contributed by atoms with Gasteiger partial charge in [-0.05, 0) is 18.6 Å². The van der Waals surface area contributed by atoms with E-state index in [0.29, 0.717) is 11.3 Å². The average Bonchev–Trinajstić information content (AvgIpc) is 2.61. The van der Waals surface area contributed by atoms with E-state index in [1.54, 1.807) is 48.5 Å².